The maximum absolute atomic E-state index is 5.72. The molecular formula is C25H36N4O. The molecule has 2 aromatic carbocycles. The summed E-state index contributed by atoms with van der Waals surface area (Å²) in [7, 11) is 1.82. The second kappa shape index (κ2) is 11.0. The highest BCUT2D eigenvalue weighted by Crippen LogP contribution is 2.24. The molecule has 1 atom stereocenters. The Labute approximate surface area is 181 Å². The predicted octanol–water partition coefficient (Wildman–Crippen LogP) is 4.64. The van der Waals surface area contributed by atoms with Crippen molar-refractivity contribution in [2.24, 2.45) is 4.99 Å². The first-order valence-corrected chi connectivity index (χ1v) is 11.1. The largest absolute Gasteiger partial charge is 0.374 e. The van der Waals surface area contributed by atoms with Gasteiger partial charge in [-0.1, -0.05) is 36.4 Å². The van der Waals surface area contributed by atoms with E-state index in [1.165, 1.54) is 35.2 Å². The lowest BCUT2D eigenvalue weighted by molar-refractivity contribution is 0.0657. The maximum atomic E-state index is 5.72. The van der Waals surface area contributed by atoms with E-state index in [9.17, 15) is 0 Å². The van der Waals surface area contributed by atoms with Gasteiger partial charge >= 0.3 is 0 Å². The molecule has 0 saturated carbocycles. The quantitative estimate of drug-likeness (QED) is 0.494. The zero-order valence-corrected chi connectivity index (χ0v) is 18.8. The minimum absolute atomic E-state index is 0.171. The summed E-state index contributed by atoms with van der Waals surface area (Å²) < 4.78 is 5.72. The molecular weight excluding hydrogens is 372 g/mol. The van der Waals surface area contributed by atoms with Gasteiger partial charge in [0.1, 0.15) is 0 Å². The standard InChI is InChI=1S/C25H36N4O/c1-19(2)30-18-22-10-7-9-21(15-22)17-27-25(26-4)28-20(3)23-11-8-12-24(16-23)29-13-5-6-14-29/h7-12,15-16,19-20H,5-6,13-14,17-18H2,1-4H3,(H2,26,27,28). The minimum Gasteiger partial charge on any atom is -0.374 e. The van der Waals surface area contributed by atoms with Crippen molar-refractivity contribution < 1.29 is 4.74 Å². The summed E-state index contributed by atoms with van der Waals surface area (Å²) >= 11 is 0. The Bertz CT molecular complexity index is 827. The van der Waals surface area contributed by atoms with Gasteiger partial charge in [-0.3, -0.25) is 4.99 Å². The predicted molar refractivity (Wildman–Crippen MR) is 126 cm³/mol. The highest BCUT2D eigenvalue weighted by atomic mass is 16.5. The van der Waals surface area contributed by atoms with Crippen molar-refractivity contribution in [1.29, 1.82) is 0 Å². The van der Waals surface area contributed by atoms with Gasteiger partial charge in [0.25, 0.3) is 0 Å². The van der Waals surface area contributed by atoms with Crippen LogP contribution in [-0.2, 0) is 17.9 Å². The van der Waals surface area contributed by atoms with Crippen LogP contribution in [0.25, 0.3) is 0 Å². The fourth-order valence-electron chi connectivity index (χ4n) is 3.73. The number of guanidine groups is 1. The number of anilines is 1. The van der Waals surface area contributed by atoms with Crippen molar-refractivity contribution in [3.8, 4) is 0 Å². The summed E-state index contributed by atoms with van der Waals surface area (Å²) in [6, 6.07) is 17.5. The first kappa shape index (κ1) is 22.2. The van der Waals surface area contributed by atoms with E-state index < -0.39 is 0 Å². The van der Waals surface area contributed by atoms with Crippen LogP contribution in [0.5, 0.6) is 0 Å². The van der Waals surface area contributed by atoms with E-state index >= 15 is 0 Å². The molecule has 30 heavy (non-hydrogen) atoms. The first-order valence-electron chi connectivity index (χ1n) is 11.1. The number of nitrogens with zero attached hydrogens (tertiary/aromatic N) is 2. The number of aliphatic imine (C=N–C) groups is 1. The molecule has 0 aliphatic carbocycles. The third kappa shape index (κ3) is 6.49. The van der Waals surface area contributed by atoms with E-state index in [-0.39, 0.29) is 12.1 Å². The Morgan fingerprint density at radius 2 is 1.77 bits per heavy atom. The van der Waals surface area contributed by atoms with Crippen LogP contribution in [0, 0.1) is 0 Å². The molecule has 1 aliphatic heterocycles. The third-order valence-electron chi connectivity index (χ3n) is 5.45. The highest BCUT2D eigenvalue weighted by Gasteiger charge is 2.14. The van der Waals surface area contributed by atoms with Crippen molar-refractivity contribution in [2.45, 2.75) is 58.9 Å². The molecule has 5 heteroatoms. The van der Waals surface area contributed by atoms with Crippen molar-refractivity contribution in [2.75, 3.05) is 25.0 Å². The van der Waals surface area contributed by atoms with Crippen LogP contribution in [-0.4, -0.2) is 32.2 Å². The minimum atomic E-state index is 0.171. The fraction of sp³-hybridized carbons (Fsp3) is 0.480. The monoisotopic (exact) mass is 408 g/mol. The highest BCUT2D eigenvalue weighted by molar-refractivity contribution is 5.80. The van der Waals surface area contributed by atoms with Gasteiger partial charge < -0.3 is 20.3 Å². The van der Waals surface area contributed by atoms with E-state index in [1.54, 1.807) is 0 Å². The van der Waals surface area contributed by atoms with Gasteiger partial charge in [-0.2, -0.15) is 0 Å². The fourth-order valence-corrected chi connectivity index (χ4v) is 3.73. The van der Waals surface area contributed by atoms with E-state index in [2.05, 4.69) is 89.8 Å². The van der Waals surface area contributed by atoms with Crippen molar-refractivity contribution in [3.63, 3.8) is 0 Å². The molecule has 1 aliphatic rings. The van der Waals surface area contributed by atoms with E-state index in [1.807, 2.05) is 7.05 Å². The number of hydrogen-bond acceptors (Lipinski definition) is 3. The smallest absolute Gasteiger partial charge is 0.191 e. The second-order valence-electron chi connectivity index (χ2n) is 8.26. The van der Waals surface area contributed by atoms with Gasteiger partial charge in [-0.15, -0.1) is 0 Å². The Morgan fingerprint density at radius 1 is 1.03 bits per heavy atom. The number of ether oxygens (including phenoxy) is 1. The third-order valence-corrected chi connectivity index (χ3v) is 5.45. The lowest BCUT2D eigenvalue weighted by Crippen LogP contribution is -2.38. The van der Waals surface area contributed by atoms with Crippen molar-refractivity contribution in [1.82, 2.24) is 10.6 Å². The van der Waals surface area contributed by atoms with Crippen LogP contribution < -0.4 is 15.5 Å². The second-order valence-corrected chi connectivity index (χ2v) is 8.26. The van der Waals surface area contributed by atoms with Crippen LogP contribution in [0.2, 0.25) is 0 Å². The van der Waals surface area contributed by atoms with Gasteiger partial charge in [0.05, 0.1) is 18.8 Å². The number of hydrogen-bond donors (Lipinski definition) is 2. The zero-order chi connectivity index (χ0) is 21.3. The van der Waals surface area contributed by atoms with Crippen LogP contribution in [0.15, 0.2) is 53.5 Å². The molecule has 162 valence electrons. The molecule has 0 radical (unpaired) electrons. The SMILES string of the molecule is CN=C(NCc1cccc(COC(C)C)c1)NC(C)c1cccc(N2CCCC2)c1. The molecule has 0 bridgehead atoms. The van der Waals surface area contributed by atoms with E-state index in [0.29, 0.717) is 6.61 Å². The molecule has 5 nitrogen and oxygen atoms in total. The summed E-state index contributed by atoms with van der Waals surface area (Å²) in [4.78, 5) is 6.88. The number of benzene rings is 2. The van der Waals surface area contributed by atoms with Gasteiger partial charge in [-0.05, 0) is 62.4 Å². The Balaban J connectivity index is 1.55. The summed E-state index contributed by atoms with van der Waals surface area (Å²) in [6.07, 6.45) is 2.82. The van der Waals surface area contributed by atoms with Gasteiger partial charge in [0.15, 0.2) is 5.96 Å². The maximum Gasteiger partial charge on any atom is 0.191 e. The topological polar surface area (TPSA) is 48.9 Å². The average Bonchev–Trinajstić information content (AvgIpc) is 3.30. The molecule has 0 amide bonds. The number of nitrogens with one attached hydrogen (secondary N) is 2. The van der Waals surface area contributed by atoms with Gasteiger partial charge in [0, 0.05) is 32.4 Å². The summed E-state index contributed by atoms with van der Waals surface area (Å²) in [5.74, 6) is 0.804. The molecule has 1 unspecified atom stereocenters. The van der Waals surface area contributed by atoms with Gasteiger partial charge in [-0.25, -0.2) is 0 Å². The average molecular weight is 409 g/mol. The molecule has 1 saturated heterocycles. The van der Waals surface area contributed by atoms with E-state index in [4.69, 9.17) is 4.74 Å². The Hall–Kier alpha value is -2.53. The summed E-state index contributed by atoms with van der Waals surface area (Å²) in [6.45, 7) is 9.98. The molecule has 2 aromatic rings. The van der Waals surface area contributed by atoms with Crippen molar-refractivity contribution in [3.05, 3.63) is 65.2 Å². The summed E-state index contributed by atoms with van der Waals surface area (Å²) in [5.41, 5.74) is 5.00. The molecule has 0 aromatic heterocycles. The Morgan fingerprint density at radius 3 is 2.50 bits per heavy atom. The van der Waals surface area contributed by atoms with Crippen LogP contribution in [0.3, 0.4) is 0 Å². The van der Waals surface area contributed by atoms with E-state index in [0.717, 1.165) is 25.6 Å². The molecule has 1 fully saturated rings. The molecule has 0 spiro atoms. The Kier molecular flexibility index (Phi) is 8.14. The molecule has 3 rings (SSSR count). The summed E-state index contributed by atoms with van der Waals surface area (Å²) in [5, 5.41) is 6.96. The first-order chi connectivity index (χ1) is 14.5. The van der Waals surface area contributed by atoms with Crippen LogP contribution in [0.4, 0.5) is 5.69 Å². The molecule has 1 heterocycles. The van der Waals surface area contributed by atoms with Gasteiger partial charge in [0.2, 0.25) is 0 Å². The lowest BCUT2D eigenvalue weighted by Gasteiger charge is -2.22. The molecule has 2 N–H and O–H groups in total. The van der Waals surface area contributed by atoms with Crippen LogP contribution in [0.1, 0.15) is 56.3 Å². The lowest BCUT2D eigenvalue weighted by atomic mass is 10.1. The zero-order valence-electron chi connectivity index (χ0n) is 18.8. The number of rotatable bonds is 8. The normalized spacial score (nSPS) is 15.5. The van der Waals surface area contributed by atoms with Crippen LogP contribution >= 0.6 is 0 Å². The van der Waals surface area contributed by atoms with Crippen molar-refractivity contribution >= 4 is 11.6 Å².